The number of rotatable bonds is 5. The number of benzene rings is 2. The van der Waals surface area contributed by atoms with Gasteiger partial charge < -0.3 is 4.52 Å². The summed E-state index contributed by atoms with van der Waals surface area (Å²) in [6.45, 7) is 2.40. The van der Waals surface area contributed by atoms with Crippen molar-refractivity contribution >= 4 is 10.0 Å². The number of halogens is 2. The molecule has 0 N–H and O–H groups in total. The lowest BCUT2D eigenvalue weighted by Crippen LogP contribution is -2.40. The molecule has 1 fully saturated rings. The normalized spacial score (nSPS) is 17.9. The van der Waals surface area contributed by atoms with E-state index in [1.165, 1.54) is 4.31 Å². The Balaban J connectivity index is 1.50. The molecule has 2 heterocycles. The Morgan fingerprint density at radius 3 is 2.80 bits per heavy atom. The zero-order chi connectivity index (χ0) is 21.3. The quantitative estimate of drug-likeness (QED) is 0.609. The Morgan fingerprint density at radius 1 is 1.20 bits per heavy atom. The second kappa shape index (κ2) is 8.23. The maximum atomic E-state index is 14.1. The van der Waals surface area contributed by atoms with Gasteiger partial charge in [-0.25, -0.2) is 17.2 Å². The summed E-state index contributed by atoms with van der Waals surface area (Å²) in [6.07, 6.45) is 1.80. The van der Waals surface area contributed by atoms with E-state index in [-0.39, 0.29) is 19.0 Å². The second-order valence-electron chi connectivity index (χ2n) is 7.48. The van der Waals surface area contributed by atoms with E-state index in [1.54, 1.807) is 0 Å². The van der Waals surface area contributed by atoms with E-state index in [1.807, 2.05) is 31.2 Å². The smallest absolute Gasteiger partial charge is 0.246 e. The van der Waals surface area contributed by atoms with Crippen molar-refractivity contribution < 1.29 is 21.7 Å². The van der Waals surface area contributed by atoms with Crippen molar-refractivity contribution in [3.8, 4) is 11.4 Å². The molecule has 1 saturated heterocycles. The fraction of sp³-hybridized carbons (Fsp3) is 0.333. The number of hydrogen-bond acceptors (Lipinski definition) is 5. The molecule has 1 aromatic heterocycles. The van der Waals surface area contributed by atoms with Crippen LogP contribution in [0.2, 0.25) is 0 Å². The van der Waals surface area contributed by atoms with E-state index >= 15 is 0 Å². The average Bonchev–Trinajstić information content (AvgIpc) is 3.18. The van der Waals surface area contributed by atoms with Crippen LogP contribution in [0.3, 0.4) is 0 Å². The molecule has 0 spiro atoms. The molecule has 0 bridgehead atoms. The van der Waals surface area contributed by atoms with E-state index in [2.05, 4.69) is 10.1 Å². The zero-order valence-corrected chi connectivity index (χ0v) is 17.2. The first-order valence-electron chi connectivity index (χ1n) is 9.68. The minimum atomic E-state index is -4.13. The summed E-state index contributed by atoms with van der Waals surface area (Å²) in [5.74, 6) is -0.897. The summed E-state index contributed by atoms with van der Waals surface area (Å²) in [5.41, 5.74) is 1.90. The Morgan fingerprint density at radius 2 is 2.00 bits per heavy atom. The molecule has 1 aliphatic heterocycles. The maximum absolute atomic E-state index is 14.1. The molecule has 0 amide bonds. The molecule has 9 heteroatoms. The van der Waals surface area contributed by atoms with Crippen molar-refractivity contribution in [2.45, 2.75) is 31.1 Å². The predicted molar refractivity (Wildman–Crippen MR) is 106 cm³/mol. The van der Waals surface area contributed by atoms with Crippen LogP contribution in [0.1, 0.15) is 24.3 Å². The molecule has 3 aromatic rings. The molecule has 0 aliphatic carbocycles. The summed E-state index contributed by atoms with van der Waals surface area (Å²) in [4.78, 5) is 3.81. The maximum Gasteiger partial charge on any atom is 0.246 e. The summed E-state index contributed by atoms with van der Waals surface area (Å²) in [5, 5.41) is 4.04. The standard InChI is InChI=1S/C21H21F2N3O3S/c1-14-5-2-3-7-17(14)21-24-20(29-25-21)11-15-6-4-10-26(13-15)30(27,28)19-12-16(22)8-9-18(19)23/h2-3,5,7-9,12,15H,4,6,10-11,13H2,1H3. The molecular formula is C21H21F2N3O3S. The average molecular weight is 433 g/mol. The van der Waals surface area contributed by atoms with Crippen molar-refractivity contribution in [1.82, 2.24) is 14.4 Å². The number of aromatic nitrogens is 2. The van der Waals surface area contributed by atoms with Gasteiger partial charge in [0.05, 0.1) is 0 Å². The largest absolute Gasteiger partial charge is 0.339 e. The van der Waals surface area contributed by atoms with Gasteiger partial charge in [-0.05, 0) is 49.4 Å². The Kier molecular flexibility index (Phi) is 5.66. The van der Waals surface area contributed by atoms with Crippen LogP contribution < -0.4 is 0 Å². The fourth-order valence-electron chi connectivity index (χ4n) is 3.74. The number of sulfonamides is 1. The summed E-state index contributed by atoms with van der Waals surface area (Å²) >= 11 is 0. The Hall–Kier alpha value is -2.65. The number of hydrogen-bond donors (Lipinski definition) is 0. The first-order chi connectivity index (χ1) is 14.3. The fourth-order valence-corrected chi connectivity index (χ4v) is 5.37. The molecule has 6 nitrogen and oxygen atoms in total. The van der Waals surface area contributed by atoms with E-state index in [0.717, 1.165) is 35.7 Å². The molecule has 0 saturated carbocycles. The number of piperidine rings is 1. The molecule has 1 aliphatic rings. The lowest BCUT2D eigenvalue weighted by atomic mass is 9.96. The SMILES string of the molecule is Cc1ccccc1-c1noc(CC2CCCN(S(=O)(=O)c3cc(F)ccc3F)C2)n1. The van der Waals surface area contributed by atoms with Gasteiger partial charge in [0.1, 0.15) is 16.5 Å². The molecule has 1 unspecified atom stereocenters. The van der Waals surface area contributed by atoms with Crippen LogP contribution in [0.5, 0.6) is 0 Å². The van der Waals surface area contributed by atoms with Crippen LogP contribution in [-0.2, 0) is 16.4 Å². The van der Waals surface area contributed by atoms with Crippen LogP contribution in [0.25, 0.3) is 11.4 Å². The molecule has 0 radical (unpaired) electrons. The van der Waals surface area contributed by atoms with Gasteiger partial charge in [-0.2, -0.15) is 9.29 Å². The van der Waals surface area contributed by atoms with Gasteiger partial charge in [-0.1, -0.05) is 29.4 Å². The third kappa shape index (κ3) is 4.13. The van der Waals surface area contributed by atoms with Crippen molar-refractivity contribution in [3.63, 3.8) is 0 Å². The highest BCUT2D eigenvalue weighted by Crippen LogP contribution is 2.28. The molecule has 30 heavy (non-hydrogen) atoms. The molecular weight excluding hydrogens is 412 g/mol. The second-order valence-corrected chi connectivity index (χ2v) is 9.38. The predicted octanol–water partition coefficient (Wildman–Crippen LogP) is 3.97. The Bertz CT molecular complexity index is 1160. The molecule has 4 rings (SSSR count). The highest BCUT2D eigenvalue weighted by molar-refractivity contribution is 7.89. The van der Waals surface area contributed by atoms with Crippen LogP contribution in [-0.4, -0.2) is 36.0 Å². The van der Waals surface area contributed by atoms with E-state index < -0.39 is 26.6 Å². The topological polar surface area (TPSA) is 76.3 Å². The van der Waals surface area contributed by atoms with Gasteiger partial charge in [0, 0.05) is 25.1 Å². The first-order valence-corrected chi connectivity index (χ1v) is 11.1. The van der Waals surface area contributed by atoms with Crippen molar-refractivity contribution in [2.24, 2.45) is 5.92 Å². The Labute approximate surface area is 173 Å². The minimum absolute atomic E-state index is 0.0599. The van der Waals surface area contributed by atoms with Gasteiger partial charge in [-0.3, -0.25) is 0 Å². The molecule has 2 aromatic carbocycles. The van der Waals surface area contributed by atoms with Gasteiger partial charge in [0.25, 0.3) is 0 Å². The van der Waals surface area contributed by atoms with E-state index in [4.69, 9.17) is 4.52 Å². The van der Waals surface area contributed by atoms with E-state index in [9.17, 15) is 17.2 Å². The minimum Gasteiger partial charge on any atom is -0.339 e. The third-order valence-corrected chi connectivity index (χ3v) is 7.19. The van der Waals surface area contributed by atoms with Gasteiger partial charge in [0.15, 0.2) is 0 Å². The highest BCUT2D eigenvalue weighted by Gasteiger charge is 2.33. The van der Waals surface area contributed by atoms with Crippen LogP contribution in [0.4, 0.5) is 8.78 Å². The third-order valence-electron chi connectivity index (χ3n) is 5.31. The van der Waals surface area contributed by atoms with Crippen molar-refractivity contribution in [2.75, 3.05) is 13.1 Å². The first kappa shape index (κ1) is 20.6. The van der Waals surface area contributed by atoms with Crippen molar-refractivity contribution in [3.05, 3.63) is 65.6 Å². The van der Waals surface area contributed by atoms with E-state index in [0.29, 0.717) is 24.6 Å². The van der Waals surface area contributed by atoms with Crippen LogP contribution in [0.15, 0.2) is 51.9 Å². The summed E-state index contributed by atoms with van der Waals surface area (Å²) < 4.78 is 59.8. The van der Waals surface area contributed by atoms with Crippen LogP contribution in [0, 0.1) is 24.5 Å². The van der Waals surface area contributed by atoms with Gasteiger partial charge >= 0.3 is 0 Å². The van der Waals surface area contributed by atoms with Crippen LogP contribution >= 0.6 is 0 Å². The molecule has 1 atom stereocenters. The van der Waals surface area contributed by atoms with Gasteiger partial charge in [-0.15, -0.1) is 0 Å². The zero-order valence-electron chi connectivity index (χ0n) is 16.4. The van der Waals surface area contributed by atoms with Gasteiger partial charge in [0.2, 0.25) is 21.7 Å². The lowest BCUT2D eigenvalue weighted by Gasteiger charge is -2.31. The summed E-state index contributed by atoms with van der Waals surface area (Å²) in [6, 6.07) is 10.1. The highest BCUT2D eigenvalue weighted by atomic mass is 32.2. The summed E-state index contributed by atoms with van der Waals surface area (Å²) in [7, 11) is -4.13. The number of nitrogens with zero attached hydrogens (tertiary/aromatic N) is 3. The lowest BCUT2D eigenvalue weighted by molar-refractivity contribution is 0.246. The monoisotopic (exact) mass is 433 g/mol. The molecule has 158 valence electrons. The number of aryl methyl sites for hydroxylation is 1. The van der Waals surface area contributed by atoms with Crippen molar-refractivity contribution in [1.29, 1.82) is 0 Å².